The molecule has 0 aliphatic rings. The lowest BCUT2D eigenvalue weighted by Gasteiger charge is -2.24. The molecule has 0 aliphatic heterocycles. The maximum Gasteiger partial charge on any atom is 0.306 e. The normalized spacial score (nSPS) is 13.8. The second-order valence-corrected chi connectivity index (χ2v) is 19.7. The molecule has 0 aliphatic carbocycles. The van der Waals surface area contributed by atoms with Crippen LogP contribution in [-0.4, -0.2) is 46.9 Å². The van der Waals surface area contributed by atoms with Crippen LogP contribution < -0.4 is 5.32 Å². The van der Waals surface area contributed by atoms with E-state index in [4.69, 9.17) is 4.74 Å². The van der Waals surface area contributed by atoms with Crippen LogP contribution in [0.3, 0.4) is 0 Å². The van der Waals surface area contributed by atoms with E-state index < -0.39 is 18.2 Å². The average Bonchev–Trinajstić information content (AvgIpc) is 3.34. The number of ether oxygens (including phenoxy) is 1. The average molecular weight is 963 g/mol. The molecule has 3 atom stereocenters. The Bertz CT molecular complexity index is 1310. The van der Waals surface area contributed by atoms with Gasteiger partial charge in [-0.2, -0.15) is 0 Å². The summed E-state index contributed by atoms with van der Waals surface area (Å²) in [5, 5.41) is 23.9. The van der Waals surface area contributed by atoms with Gasteiger partial charge in [-0.1, -0.05) is 247 Å². The van der Waals surface area contributed by atoms with Gasteiger partial charge in [0.2, 0.25) is 5.91 Å². The van der Waals surface area contributed by atoms with Gasteiger partial charge in [0.15, 0.2) is 0 Å². The van der Waals surface area contributed by atoms with Crippen molar-refractivity contribution in [2.45, 2.75) is 296 Å². The summed E-state index contributed by atoms with van der Waals surface area (Å²) < 4.78 is 5.95. The van der Waals surface area contributed by atoms with Gasteiger partial charge in [0.1, 0.15) is 6.10 Å². The largest absolute Gasteiger partial charge is 0.462 e. The molecular weight excluding hydrogens is 851 g/mol. The molecule has 6 heteroatoms. The summed E-state index contributed by atoms with van der Waals surface area (Å²) in [7, 11) is 0. The highest BCUT2D eigenvalue weighted by Crippen LogP contribution is 2.18. The lowest BCUT2D eigenvalue weighted by molar-refractivity contribution is -0.151. The fourth-order valence-electron chi connectivity index (χ4n) is 8.55. The van der Waals surface area contributed by atoms with Crippen molar-refractivity contribution in [1.29, 1.82) is 0 Å². The lowest BCUT2D eigenvalue weighted by Crippen LogP contribution is -2.46. The van der Waals surface area contributed by atoms with Gasteiger partial charge in [0.05, 0.1) is 25.2 Å². The number of hydrogen-bond acceptors (Lipinski definition) is 5. The van der Waals surface area contributed by atoms with E-state index >= 15 is 0 Å². The Morgan fingerprint density at radius 1 is 0.435 bits per heavy atom. The maximum absolute atomic E-state index is 13.3. The first-order chi connectivity index (χ1) is 34.0. The van der Waals surface area contributed by atoms with Gasteiger partial charge in [0, 0.05) is 6.42 Å². The molecule has 0 aromatic carbocycles. The molecule has 0 rings (SSSR count). The van der Waals surface area contributed by atoms with Crippen molar-refractivity contribution in [2.24, 2.45) is 0 Å². The summed E-state index contributed by atoms with van der Waals surface area (Å²) >= 11 is 0. The first-order valence-electron chi connectivity index (χ1n) is 29.3. The maximum atomic E-state index is 13.3. The number of allylic oxidation sites excluding steroid dienone is 14. The summed E-state index contributed by atoms with van der Waals surface area (Å²) in [6, 6.07) is -0.716. The fourth-order valence-corrected chi connectivity index (χ4v) is 8.55. The topological polar surface area (TPSA) is 95.9 Å². The monoisotopic (exact) mass is 962 g/mol. The number of esters is 1. The fraction of sp³-hybridized carbons (Fsp3) is 0.746. The molecule has 0 heterocycles. The summed E-state index contributed by atoms with van der Waals surface area (Å²) in [6.07, 6.45) is 73.6. The zero-order valence-corrected chi connectivity index (χ0v) is 45.4. The minimum Gasteiger partial charge on any atom is -0.462 e. The van der Waals surface area contributed by atoms with E-state index in [0.29, 0.717) is 19.3 Å². The summed E-state index contributed by atoms with van der Waals surface area (Å²) in [5.74, 6) is -0.516. The third-order valence-electron chi connectivity index (χ3n) is 13.0. The molecular formula is C63H111NO5. The van der Waals surface area contributed by atoms with E-state index in [1.165, 1.54) is 122 Å². The molecule has 1 amide bonds. The standard InChI is InChI=1S/C63H111NO5/c1-4-7-10-13-16-19-22-25-28-30-31-33-35-38-41-44-47-50-53-56-63(68)69-59(54-51-48-45-42-39-36-34-32-29-26-23-20-17-14-11-8-5-2)57-62(67)64-60(58-65)61(66)55-52-49-46-43-40-37-27-24-21-18-15-12-9-6-3/h7,10,16-17,19-20,25-26,28-29,31,33,38,41,59-61,65-66H,4-6,8-9,11-15,18,21-24,27,30,32,34-37,39-40,42-58H2,1-3H3,(H,64,67)/b10-7-,19-16-,20-17-,28-25-,29-26-,33-31-,41-38-. The first kappa shape index (κ1) is 66.0. The van der Waals surface area contributed by atoms with Gasteiger partial charge in [-0.25, -0.2) is 0 Å². The van der Waals surface area contributed by atoms with Gasteiger partial charge >= 0.3 is 5.97 Å². The number of unbranched alkanes of at least 4 members (excludes halogenated alkanes) is 26. The smallest absolute Gasteiger partial charge is 0.306 e. The minimum absolute atomic E-state index is 0.0556. The van der Waals surface area contributed by atoms with Crippen LogP contribution in [0.25, 0.3) is 0 Å². The molecule has 0 aromatic heterocycles. The predicted molar refractivity (Wildman–Crippen MR) is 301 cm³/mol. The Morgan fingerprint density at radius 3 is 1.22 bits per heavy atom. The summed E-state index contributed by atoms with van der Waals surface area (Å²) in [6.45, 7) is 6.36. The molecule has 0 aromatic rings. The third kappa shape index (κ3) is 51.2. The zero-order chi connectivity index (χ0) is 50.2. The van der Waals surface area contributed by atoms with E-state index in [2.05, 4.69) is 111 Å². The van der Waals surface area contributed by atoms with E-state index in [9.17, 15) is 19.8 Å². The number of aliphatic hydroxyl groups is 2. The zero-order valence-electron chi connectivity index (χ0n) is 45.4. The Kier molecular flexibility index (Phi) is 53.6. The van der Waals surface area contributed by atoms with Crippen molar-refractivity contribution in [2.75, 3.05) is 6.61 Å². The molecule has 0 bridgehead atoms. The van der Waals surface area contributed by atoms with Gasteiger partial charge in [-0.3, -0.25) is 9.59 Å². The molecule has 0 saturated carbocycles. The van der Waals surface area contributed by atoms with Crippen molar-refractivity contribution in [3.63, 3.8) is 0 Å². The van der Waals surface area contributed by atoms with E-state index in [1.54, 1.807) is 0 Å². The van der Waals surface area contributed by atoms with Crippen molar-refractivity contribution in [1.82, 2.24) is 5.32 Å². The second-order valence-electron chi connectivity index (χ2n) is 19.7. The Labute approximate surface area is 427 Å². The highest BCUT2D eigenvalue weighted by molar-refractivity contribution is 5.77. The lowest BCUT2D eigenvalue weighted by atomic mass is 10.0. The SMILES string of the molecule is CC/C=C\C/C=C\C/C=C\C/C=C\C/C=C\CCCCCC(=O)OC(CCCCCCCCC/C=C\C/C=C\CCCCC)CC(=O)NC(CO)C(O)CCCCCCCCCCCCCCCC. The number of carbonyl (C=O) groups excluding carboxylic acids is 2. The van der Waals surface area contributed by atoms with Gasteiger partial charge < -0.3 is 20.3 Å². The van der Waals surface area contributed by atoms with Crippen LogP contribution in [0.15, 0.2) is 85.1 Å². The minimum atomic E-state index is -0.801. The van der Waals surface area contributed by atoms with Crippen molar-refractivity contribution in [3.05, 3.63) is 85.1 Å². The Balaban J connectivity index is 4.65. The number of amides is 1. The molecule has 0 spiro atoms. The second kappa shape index (κ2) is 56.0. The quantitative estimate of drug-likeness (QED) is 0.0321. The molecule has 3 N–H and O–H groups in total. The van der Waals surface area contributed by atoms with Gasteiger partial charge in [-0.05, 0) is 103 Å². The first-order valence-corrected chi connectivity index (χ1v) is 29.3. The molecule has 398 valence electrons. The number of rotatable bonds is 52. The van der Waals surface area contributed by atoms with Crippen LogP contribution in [0.2, 0.25) is 0 Å². The van der Waals surface area contributed by atoms with Crippen molar-refractivity contribution < 1.29 is 24.5 Å². The summed E-state index contributed by atoms with van der Waals surface area (Å²) in [4.78, 5) is 26.3. The Morgan fingerprint density at radius 2 is 0.783 bits per heavy atom. The van der Waals surface area contributed by atoms with Gasteiger partial charge in [-0.15, -0.1) is 0 Å². The van der Waals surface area contributed by atoms with Crippen molar-refractivity contribution in [3.8, 4) is 0 Å². The highest BCUT2D eigenvalue weighted by Gasteiger charge is 2.24. The van der Waals surface area contributed by atoms with E-state index in [-0.39, 0.29) is 24.9 Å². The molecule has 0 saturated heterocycles. The van der Waals surface area contributed by atoms with Crippen LogP contribution in [-0.2, 0) is 14.3 Å². The van der Waals surface area contributed by atoms with Crippen LogP contribution in [0, 0.1) is 0 Å². The molecule has 0 fully saturated rings. The van der Waals surface area contributed by atoms with Gasteiger partial charge in [0.25, 0.3) is 0 Å². The van der Waals surface area contributed by atoms with Crippen LogP contribution >= 0.6 is 0 Å². The molecule has 0 radical (unpaired) electrons. The number of nitrogens with one attached hydrogen (secondary N) is 1. The molecule has 6 nitrogen and oxygen atoms in total. The van der Waals surface area contributed by atoms with Crippen LogP contribution in [0.4, 0.5) is 0 Å². The number of hydrogen-bond donors (Lipinski definition) is 3. The van der Waals surface area contributed by atoms with Crippen molar-refractivity contribution >= 4 is 11.9 Å². The third-order valence-corrected chi connectivity index (χ3v) is 13.0. The number of carbonyl (C=O) groups is 2. The molecule has 69 heavy (non-hydrogen) atoms. The predicted octanol–water partition coefficient (Wildman–Crippen LogP) is 18.3. The summed E-state index contributed by atoms with van der Waals surface area (Å²) in [5.41, 5.74) is 0. The van der Waals surface area contributed by atoms with E-state index in [0.717, 1.165) is 109 Å². The highest BCUT2D eigenvalue weighted by atomic mass is 16.5. The molecule has 3 unspecified atom stereocenters. The number of aliphatic hydroxyl groups excluding tert-OH is 2. The van der Waals surface area contributed by atoms with Crippen LogP contribution in [0.5, 0.6) is 0 Å². The van der Waals surface area contributed by atoms with Crippen LogP contribution in [0.1, 0.15) is 278 Å². The Hall–Kier alpha value is -2.96. The van der Waals surface area contributed by atoms with E-state index in [1.807, 2.05) is 0 Å².